The number of aromatic amines is 1. The number of guanidine groups is 1. The van der Waals surface area contributed by atoms with Crippen LogP contribution < -0.4 is 15.4 Å². The van der Waals surface area contributed by atoms with E-state index >= 15 is 0 Å². The largest absolute Gasteiger partial charge is 0.495 e. The van der Waals surface area contributed by atoms with E-state index in [0.717, 1.165) is 49.2 Å². The van der Waals surface area contributed by atoms with E-state index in [9.17, 15) is 4.79 Å². The molecule has 0 saturated heterocycles. The predicted octanol–water partition coefficient (Wildman–Crippen LogP) is 3.14. The van der Waals surface area contributed by atoms with Crippen molar-refractivity contribution in [1.29, 1.82) is 0 Å². The van der Waals surface area contributed by atoms with Crippen LogP contribution in [-0.4, -0.2) is 47.0 Å². The summed E-state index contributed by atoms with van der Waals surface area (Å²) in [6, 6.07) is 12.9. The number of nitrogens with zero attached hydrogens (tertiary/aromatic N) is 3. The van der Waals surface area contributed by atoms with Crippen LogP contribution in [0.4, 0.5) is 0 Å². The average molecular weight is 435 g/mol. The number of pyridine rings is 1. The Hall–Kier alpha value is -3.68. The number of carbonyl (C=O) groups is 1. The first-order chi connectivity index (χ1) is 15.8. The maximum Gasteiger partial charge on any atom is 0.257 e. The van der Waals surface area contributed by atoms with Gasteiger partial charge in [-0.05, 0) is 56.4 Å². The van der Waals surface area contributed by atoms with Crippen molar-refractivity contribution < 1.29 is 9.53 Å². The third-order valence-corrected chi connectivity index (χ3v) is 4.88. The average Bonchev–Trinajstić information content (AvgIpc) is 3.35. The van der Waals surface area contributed by atoms with Gasteiger partial charge in [0.25, 0.3) is 5.91 Å². The lowest BCUT2D eigenvalue weighted by atomic mass is 10.1. The van der Waals surface area contributed by atoms with Crippen molar-refractivity contribution in [1.82, 2.24) is 25.6 Å². The number of rotatable bonds is 11. The summed E-state index contributed by atoms with van der Waals surface area (Å²) in [5.41, 5.74) is 2.57. The Morgan fingerprint density at radius 1 is 1.06 bits per heavy atom. The number of hydrogen-bond donors (Lipinski definition) is 3. The van der Waals surface area contributed by atoms with Crippen molar-refractivity contribution >= 4 is 11.9 Å². The van der Waals surface area contributed by atoms with Crippen LogP contribution in [0.1, 0.15) is 41.0 Å². The van der Waals surface area contributed by atoms with Crippen molar-refractivity contribution in [2.45, 2.75) is 32.1 Å². The Balaban J connectivity index is 1.50. The number of benzene rings is 1. The summed E-state index contributed by atoms with van der Waals surface area (Å²) >= 11 is 0. The number of ether oxygens (including phenoxy) is 1. The second-order valence-electron chi connectivity index (χ2n) is 7.25. The van der Waals surface area contributed by atoms with E-state index in [1.54, 1.807) is 31.8 Å². The molecule has 3 rings (SSSR count). The summed E-state index contributed by atoms with van der Waals surface area (Å²) in [5.74, 6) is 1.13. The molecule has 2 aromatic heterocycles. The minimum atomic E-state index is -0.178. The molecule has 1 amide bonds. The van der Waals surface area contributed by atoms with Crippen LogP contribution in [0.5, 0.6) is 5.75 Å². The lowest BCUT2D eigenvalue weighted by Crippen LogP contribution is -2.41. The quantitative estimate of drug-likeness (QED) is 0.244. The number of carbonyl (C=O) groups excluding carboxylic acids is 1. The highest BCUT2D eigenvalue weighted by Gasteiger charge is 2.08. The minimum absolute atomic E-state index is 0.178. The van der Waals surface area contributed by atoms with Crippen LogP contribution in [0.25, 0.3) is 0 Å². The molecular formula is C24H30N6O2. The molecule has 2 heterocycles. The molecule has 3 aromatic rings. The number of imidazole rings is 1. The molecule has 8 heteroatoms. The number of methoxy groups -OCH3 is 1. The highest BCUT2D eigenvalue weighted by Crippen LogP contribution is 2.16. The van der Waals surface area contributed by atoms with E-state index in [-0.39, 0.29) is 5.91 Å². The summed E-state index contributed by atoms with van der Waals surface area (Å²) in [6.45, 7) is 1.29. The fourth-order valence-electron chi connectivity index (χ4n) is 3.20. The molecule has 0 fully saturated rings. The minimum Gasteiger partial charge on any atom is -0.495 e. The van der Waals surface area contributed by atoms with Crippen molar-refractivity contribution in [3.05, 3.63) is 78.1 Å². The monoisotopic (exact) mass is 434 g/mol. The number of unbranched alkanes of at least 4 members (excludes halogenated alkanes) is 1. The summed E-state index contributed by atoms with van der Waals surface area (Å²) in [5, 5.41) is 6.16. The van der Waals surface area contributed by atoms with Gasteiger partial charge in [0, 0.05) is 31.0 Å². The van der Waals surface area contributed by atoms with Crippen LogP contribution in [0.2, 0.25) is 0 Å². The number of hydrogen-bond acceptors (Lipinski definition) is 5. The van der Waals surface area contributed by atoms with Crippen molar-refractivity contribution in [3.63, 3.8) is 0 Å². The van der Waals surface area contributed by atoms with Crippen LogP contribution in [-0.2, 0) is 12.8 Å². The van der Waals surface area contributed by atoms with Gasteiger partial charge in [-0.2, -0.15) is 0 Å². The molecule has 168 valence electrons. The zero-order valence-electron chi connectivity index (χ0n) is 18.4. The Bertz CT molecular complexity index is 973. The molecule has 0 unspecified atom stereocenters. The van der Waals surface area contributed by atoms with Crippen molar-refractivity contribution in [2.24, 2.45) is 4.99 Å². The van der Waals surface area contributed by atoms with Gasteiger partial charge < -0.3 is 15.0 Å². The molecule has 0 aliphatic carbocycles. The van der Waals surface area contributed by atoms with E-state index in [1.165, 1.54) is 0 Å². The number of amides is 1. The normalized spacial score (nSPS) is 11.2. The van der Waals surface area contributed by atoms with Gasteiger partial charge in [-0.15, -0.1) is 0 Å². The molecule has 3 N–H and O–H groups in total. The first-order valence-electron chi connectivity index (χ1n) is 10.9. The number of aliphatic imine (C=N–C) groups is 1. The van der Waals surface area contributed by atoms with Crippen LogP contribution in [0, 0.1) is 0 Å². The van der Waals surface area contributed by atoms with Gasteiger partial charge in [0.1, 0.15) is 5.75 Å². The SMILES string of the molecule is COc1cccnc1CCCCN=C(NCCCc1c[nH]cn1)NC(=O)c1ccccc1. The van der Waals surface area contributed by atoms with Gasteiger partial charge in [0.15, 0.2) is 5.96 Å². The van der Waals surface area contributed by atoms with E-state index in [2.05, 4.69) is 30.6 Å². The molecule has 0 aliphatic rings. The third kappa shape index (κ3) is 7.54. The van der Waals surface area contributed by atoms with Gasteiger partial charge in [0.2, 0.25) is 0 Å². The molecule has 0 radical (unpaired) electrons. The second-order valence-corrected chi connectivity index (χ2v) is 7.25. The topological polar surface area (TPSA) is 104 Å². The third-order valence-electron chi connectivity index (χ3n) is 4.88. The van der Waals surface area contributed by atoms with Gasteiger partial charge in [0.05, 0.1) is 24.8 Å². The first kappa shape index (κ1) is 23.0. The Labute approximate surface area is 188 Å². The van der Waals surface area contributed by atoms with Gasteiger partial charge in [-0.25, -0.2) is 4.98 Å². The summed E-state index contributed by atoms with van der Waals surface area (Å²) in [4.78, 5) is 28.7. The molecule has 0 atom stereocenters. The fraction of sp³-hybridized carbons (Fsp3) is 0.333. The van der Waals surface area contributed by atoms with Gasteiger partial charge in [-0.1, -0.05) is 18.2 Å². The molecule has 0 aliphatic heterocycles. The highest BCUT2D eigenvalue weighted by atomic mass is 16.5. The number of aryl methyl sites for hydroxylation is 2. The molecule has 0 saturated carbocycles. The summed E-state index contributed by atoms with van der Waals surface area (Å²) in [7, 11) is 1.66. The zero-order chi connectivity index (χ0) is 22.4. The Morgan fingerprint density at radius 3 is 2.72 bits per heavy atom. The zero-order valence-corrected chi connectivity index (χ0v) is 18.4. The number of nitrogens with one attached hydrogen (secondary N) is 3. The van der Waals surface area contributed by atoms with E-state index in [4.69, 9.17) is 4.74 Å². The lowest BCUT2D eigenvalue weighted by molar-refractivity contribution is 0.0975. The van der Waals surface area contributed by atoms with Gasteiger partial charge in [-0.3, -0.25) is 20.1 Å². The lowest BCUT2D eigenvalue weighted by Gasteiger charge is -2.12. The fourth-order valence-corrected chi connectivity index (χ4v) is 3.20. The van der Waals surface area contributed by atoms with Crippen LogP contribution in [0.3, 0.4) is 0 Å². The molecule has 32 heavy (non-hydrogen) atoms. The molecule has 0 spiro atoms. The smallest absolute Gasteiger partial charge is 0.257 e. The molecule has 0 bridgehead atoms. The maximum atomic E-state index is 12.6. The Kier molecular flexibility index (Phi) is 9.26. The van der Waals surface area contributed by atoms with Crippen molar-refractivity contribution in [3.8, 4) is 5.75 Å². The van der Waals surface area contributed by atoms with E-state index in [1.807, 2.05) is 36.5 Å². The van der Waals surface area contributed by atoms with E-state index < -0.39 is 0 Å². The number of H-pyrrole nitrogens is 1. The highest BCUT2D eigenvalue weighted by molar-refractivity contribution is 6.05. The van der Waals surface area contributed by atoms with Crippen LogP contribution in [0.15, 0.2) is 66.2 Å². The van der Waals surface area contributed by atoms with Crippen LogP contribution >= 0.6 is 0 Å². The predicted molar refractivity (Wildman–Crippen MR) is 125 cm³/mol. The molecule has 1 aromatic carbocycles. The number of aromatic nitrogens is 3. The molecular weight excluding hydrogens is 404 g/mol. The van der Waals surface area contributed by atoms with E-state index in [0.29, 0.717) is 24.6 Å². The summed E-state index contributed by atoms with van der Waals surface area (Å²) < 4.78 is 5.35. The Morgan fingerprint density at radius 2 is 1.94 bits per heavy atom. The maximum absolute atomic E-state index is 12.6. The summed E-state index contributed by atoms with van der Waals surface area (Å²) in [6.07, 6.45) is 9.70. The first-order valence-corrected chi connectivity index (χ1v) is 10.9. The molecule has 8 nitrogen and oxygen atoms in total. The van der Waals surface area contributed by atoms with Crippen molar-refractivity contribution in [2.75, 3.05) is 20.2 Å². The second kappa shape index (κ2) is 12.9. The van der Waals surface area contributed by atoms with Gasteiger partial charge >= 0.3 is 0 Å². The standard InChI is InChI=1S/C24H30N6O2/c1-32-22-13-8-15-26-21(22)12-5-6-14-27-24(28-16-7-11-20-17-25-18-29-20)30-23(31)19-9-3-2-4-10-19/h2-4,8-10,13,15,17-18H,5-7,11-12,14,16H2,1H3,(H,25,29)(H2,27,28,30,31).